The van der Waals surface area contributed by atoms with Crippen LogP contribution < -0.4 is 5.56 Å². The monoisotopic (exact) mass is 425 g/mol. The standard InChI is InChI=1S/C19H22F3N5O3/c1-18(2,3)30-17(29)26-8-5-4-6-13(26)14-15(28)27(9-7-23-14)16-24-10-12(11-25-16)19(20,21)22/h7,9-11,13H,4-6,8H2,1-3H3. The lowest BCUT2D eigenvalue weighted by Crippen LogP contribution is -2.44. The number of halogens is 3. The fourth-order valence-corrected chi connectivity index (χ4v) is 3.16. The fraction of sp³-hybridized carbons (Fsp3) is 0.526. The molecule has 1 aliphatic rings. The van der Waals surface area contributed by atoms with Crippen LogP contribution in [-0.4, -0.2) is 42.7 Å². The van der Waals surface area contributed by atoms with Crippen molar-refractivity contribution in [2.24, 2.45) is 0 Å². The second kappa shape index (κ2) is 8.04. The highest BCUT2D eigenvalue weighted by molar-refractivity contribution is 5.69. The van der Waals surface area contributed by atoms with E-state index < -0.39 is 35.0 Å². The van der Waals surface area contributed by atoms with Gasteiger partial charge in [-0.15, -0.1) is 0 Å². The number of amides is 1. The normalized spacial score (nSPS) is 17.7. The van der Waals surface area contributed by atoms with Gasteiger partial charge in [0.1, 0.15) is 11.3 Å². The number of likely N-dealkylation sites (tertiary alicyclic amines) is 1. The van der Waals surface area contributed by atoms with Crippen molar-refractivity contribution in [3.05, 3.63) is 46.4 Å². The SMILES string of the molecule is CC(C)(C)OC(=O)N1CCCCC1c1nccn(-c2ncc(C(F)(F)F)cn2)c1=O. The zero-order valence-corrected chi connectivity index (χ0v) is 16.8. The summed E-state index contributed by atoms with van der Waals surface area (Å²) in [6, 6.07) is -0.608. The molecule has 0 saturated carbocycles. The Morgan fingerprint density at radius 2 is 1.80 bits per heavy atom. The molecular weight excluding hydrogens is 403 g/mol. The Kier molecular flexibility index (Phi) is 5.82. The molecule has 1 saturated heterocycles. The van der Waals surface area contributed by atoms with Crippen molar-refractivity contribution in [1.82, 2.24) is 24.4 Å². The molecule has 30 heavy (non-hydrogen) atoms. The topological polar surface area (TPSA) is 90.2 Å². The highest BCUT2D eigenvalue weighted by Gasteiger charge is 2.34. The minimum atomic E-state index is -4.58. The summed E-state index contributed by atoms with van der Waals surface area (Å²) < 4.78 is 44.7. The molecule has 1 atom stereocenters. The predicted molar refractivity (Wildman–Crippen MR) is 100.0 cm³/mol. The maximum Gasteiger partial charge on any atom is 0.419 e. The van der Waals surface area contributed by atoms with Crippen molar-refractivity contribution in [2.75, 3.05) is 6.54 Å². The minimum Gasteiger partial charge on any atom is -0.444 e. The largest absolute Gasteiger partial charge is 0.444 e. The first kappa shape index (κ1) is 21.7. The van der Waals surface area contributed by atoms with Crippen molar-refractivity contribution in [1.29, 1.82) is 0 Å². The number of carbonyl (C=O) groups is 1. The average Bonchev–Trinajstić information content (AvgIpc) is 2.66. The number of hydrogen-bond donors (Lipinski definition) is 0. The van der Waals surface area contributed by atoms with Crippen LogP contribution in [-0.2, 0) is 10.9 Å². The Morgan fingerprint density at radius 3 is 2.40 bits per heavy atom. The van der Waals surface area contributed by atoms with Crippen molar-refractivity contribution < 1.29 is 22.7 Å². The fourth-order valence-electron chi connectivity index (χ4n) is 3.16. The molecule has 162 valence electrons. The molecule has 0 aromatic carbocycles. The third-order valence-electron chi connectivity index (χ3n) is 4.49. The van der Waals surface area contributed by atoms with Crippen LogP contribution in [0, 0.1) is 0 Å². The van der Waals surface area contributed by atoms with Gasteiger partial charge in [0.05, 0.1) is 11.6 Å². The summed E-state index contributed by atoms with van der Waals surface area (Å²) in [7, 11) is 0. The van der Waals surface area contributed by atoms with E-state index in [-0.39, 0.29) is 11.6 Å². The van der Waals surface area contributed by atoms with Crippen LogP contribution in [0.5, 0.6) is 0 Å². The molecule has 2 aromatic rings. The van der Waals surface area contributed by atoms with Crippen LogP contribution in [0.4, 0.5) is 18.0 Å². The molecule has 11 heteroatoms. The smallest absolute Gasteiger partial charge is 0.419 e. The van der Waals surface area contributed by atoms with Gasteiger partial charge >= 0.3 is 12.3 Å². The number of aromatic nitrogens is 4. The number of carbonyl (C=O) groups excluding carboxylic acids is 1. The van der Waals surface area contributed by atoms with E-state index in [1.807, 2.05) is 0 Å². The second-order valence-electron chi connectivity index (χ2n) is 7.94. The number of rotatable bonds is 2. The molecule has 1 unspecified atom stereocenters. The lowest BCUT2D eigenvalue weighted by Gasteiger charge is -2.36. The molecule has 0 spiro atoms. The van der Waals surface area contributed by atoms with Crippen LogP contribution >= 0.6 is 0 Å². The van der Waals surface area contributed by atoms with Crippen LogP contribution in [0.1, 0.15) is 57.3 Å². The van der Waals surface area contributed by atoms with E-state index in [9.17, 15) is 22.8 Å². The Balaban J connectivity index is 1.95. The number of ether oxygens (including phenoxy) is 1. The average molecular weight is 425 g/mol. The lowest BCUT2D eigenvalue weighted by molar-refractivity contribution is -0.138. The van der Waals surface area contributed by atoms with Crippen LogP contribution in [0.15, 0.2) is 29.6 Å². The Labute approximate surface area is 170 Å². The molecule has 2 aromatic heterocycles. The Bertz CT molecular complexity index is 967. The molecule has 0 bridgehead atoms. The quantitative estimate of drug-likeness (QED) is 0.732. The minimum absolute atomic E-state index is 0.0894. The second-order valence-corrected chi connectivity index (χ2v) is 7.94. The van der Waals surface area contributed by atoms with Crippen molar-refractivity contribution in [2.45, 2.75) is 57.9 Å². The van der Waals surface area contributed by atoms with Gasteiger partial charge in [0.15, 0.2) is 0 Å². The molecule has 1 amide bonds. The van der Waals surface area contributed by atoms with Gasteiger partial charge < -0.3 is 4.74 Å². The summed E-state index contributed by atoms with van der Waals surface area (Å²) >= 11 is 0. The van der Waals surface area contributed by atoms with Crippen LogP contribution in [0.3, 0.4) is 0 Å². The highest BCUT2D eigenvalue weighted by atomic mass is 19.4. The Hall–Kier alpha value is -2.98. The van der Waals surface area contributed by atoms with Crippen molar-refractivity contribution in [3.8, 4) is 5.95 Å². The summed E-state index contributed by atoms with van der Waals surface area (Å²) in [5.41, 5.74) is -2.22. The maximum atomic E-state index is 13.0. The highest BCUT2D eigenvalue weighted by Crippen LogP contribution is 2.30. The summed E-state index contributed by atoms with van der Waals surface area (Å²) in [6.45, 7) is 5.66. The number of hydrogen-bond acceptors (Lipinski definition) is 6. The Morgan fingerprint density at radius 1 is 1.13 bits per heavy atom. The van der Waals surface area contributed by atoms with E-state index in [2.05, 4.69) is 15.0 Å². The van der Waals surface area contributed by atoms with Gasteiger partial charge in [0.2, 0.25) is 5.95 Å². The van der Waals surface area contributed by atoms with E-state index in [1.54, 1.807) is 20.8 Å². The molecule has 3 heterocycles. The number of piperidine rings is 1. The predicted octanol–water partition coefficient (Wildman–Crippen LogP) is 3.50. The van der Waals surface area contributed by atoms with Gasteiger partial charge in [0, 0.05) is 31.3 Å². The van der Waals surface area contributed by atoms with Gasteiger partial charge in [-0.25, -0.2) is 19.3 Å². The first-order valence-corrected chi connectivity index (χ1v) is 9.44. The van der Waals surface area contributed by atoms with E-state index in [1.165, 1.54) is 17.3 Å². The number of alkyl halides is 3. The summed E-state index contributed by atoms with van der Waals surface area (Å²) in [4.78, 5) is 38.6. The van der Waals surface area contributed by atoms with Crippen molar-refractivity contribution in [3.63, 3.8) is 0 Å². The summed E-state index contributed by atoms with van der Waals surface area (Å²) in [5, 5.41) is 0. The lowest BCUT2D eigenvalue weighted by atomic mass is 10.00. The summed E-state index contributed by atoms with van der Waals surface area (Å²) in [6.07, 6.45) is 0.770. The first-order chi connectivity index (χ1) is 14.0. The third kappa shape index (κ3) is 4.77. The van der Waals surface area contributed by atoms with Gasteiger partial charge in [-0.05, 0) is 40.0 Å². The van der Waals surface area contributed by atoms with Crippen LogP contribution in [0.25, 0.3) is 5.95 Å². The van der Waals surface area contributed by atoms with Gasteiger partial charge in [-0.3, -0.25) is 14.7 Å². The van der Waals surface area contributed by atoms with Gasteiger partial charge in [-0.2, -0.15) is 13.2 Å². The maximum absolute atomic E-state index is 13.0. The van der Waals surface area contributed by atoms with E-state index in [0.29, 0.717) is 25.4 Å². The first-order valence-electron chi connectivity index (χ1n) is 9.44. The third-order valence-corrected chi connectivity index (χ3v) is 4.49. The van der Waals surface area contributed by atoms with E-state index in [0.717, 1.165) is 17.4 Å². The molecule has 0 aliphatic carbocycles. The van der Waals surface area contributed by atoms with E-state index in [4.69, 9.17) is 4.74 Å². The molecular formula is C19H22F3N5O3. The molecule has 8 nitrogen and oxygen atoms in total. The van der Waals surface area contributed by atoms with Gasteiger partial charge in [0.25, 0.3) is 5.56 Å². The zero-order valence-electron chi connectivity index (χ0n) is 16.8. The molecule has 1 aliphatic heterocycles. The molecule has 0 radical (unpaired) electrons. The van der Waals surface area contributed by atoms with Crippen molar-refractivity contribution >= 4 is 6.09 Å². The van der Waals surface area contributed by atoms with Crippen LogP contribution in [0.2, 0.25) is 0 Å². The molecule has 0 N–H and O–H groups in total. The molecule has 3 rings (SSSR count). The zero-order chi connectivity index (χ0) is 22.1. The van der Waals surface area contributed by atoms with E-state index >= 15 is 0 Å². The molecule has 1 fully saturated rings. The summed E-state index contributed by atoms with van der Waals surface area (Å²) in [5.74, 6) is -0.212. The van der Waals surface area contributed by atoms with Gasteiger partial charge in [-0.1, -0.05) is 0 Å². The number of nitrogens with zero attached hydrogens (tertiary/aromatic N) is 5.